The summed E-state index contributed by atoms with van der Waals surface area (Å²) < 4.78 is 13.9. The van der Waals surface area contributed by atoms with Crippen molar-refractivity contribution in [2.75, 3.05) is 0 Å². The largest absolute Gasteiger partial charge is 0.508 e. The lowest BCUT2D eigenvalue weighted by molar-refractivity contribution is -0.145. The number of hydrogen-bond acceptors (Lipinski definition) is 4. The van der Waals surface area contributed by atoms with Crippen LogP contribution in [0.25, 0.3) is 21.9 Å². The van der Waals surface area contributed by atoms with Gasteiger partial charge in [0.05, 0.1) is 11.6 Å². The molecular weight excluding hydrogens is 411 g/mol. The van der Waals surface area contributed by atoms with Crippen LogP contribution in [-0.2, 0) is 4.79 Å². The minimum Gasteiger partial charge on any atom is -0.508 e. The van der Waals surface area contributed by atoms with Crippen LogP contribution in [0.3, 0.4) is 0 Å². The van der Waals surface area contributed by atoms with Crippen molar-refractivity contribution < 1.29 is 24.2 Å². The van der Waals surface area contributed by atoms with Crippen LogP contribution in [0, 0.1) is 18.7 Å². The molecule has 1 saturated carbocycles. The topological polar surface area (TPSA) is 99.5 Å². The third-order valence-electron chi connectivity index (χ3n) is 6.13. The van der Waals surface area contributed by atoms with Gasteiger partial charge in [0.15, 0.2) is 0 Å². The molecule has 32 heavy (non-hydrogen) atoms. The number of phenols is 1. The summed E-state index contributed by atoms with van der Waals surface area (Å²) in [5, 5.41) is 23.4. The zero-order chi connectivity index (χ0) is 23.2. The number of hydrogen-bond donors (Lipinski definition) is 3. The van der Waals surface area contributed by atoms with E-state index in [-0.39, 0.29) is 23.2 Å². The van der Waals surface area contributed by atoms with Crippen LogP contribution in [-0.4, -0.2) is 33.1 Å². The first-order valence-electron chi connectivity index (χ1n) is 10.6. The van der Waals surface area contributed by atoms with Crippen molar-refractivity contribution in [2.45, 2.75) is 45.6 Å². The molecule has 2 unspecified atom stereocenters. The van der Waals surface area contributed by atoms with Crippen LogP contribution >= 0.6 is 0 Å². The SMILES string of the molecule is Cc1cc(-c2c(C(C)C)nc(C(=O)NC3CCC3C(=O)O)c3cc(O)ccc23)ccc1F. The first kappa shape index (κ1) is 21.7. The number of benzene rings is 2. The molecule has 2 atom stereocenters. The number of nitrogens with one attached hydrogen (secondary N) is 1. The average molecular weight is 436 g/mol. The van der Waals surface area contributed by atoms with Crippen molar-refractivity contribution in [3.63, 3.8) is 0 Å². The van der Waals surface area contributed by atoms with E-state index in [0.717, 1.165) is 11.1 Å². The zero-order valence-corrected chi connectivity index (χ0v) is 18.1. The van der Waals surface area contributed by atoms with E-state index >= 15 is 0 Å². The van der Waals surface area contributed by atoms with Gasteiger partial charge < -0.3 is 15.5 Å². The molecule has 0 spiro atoms. The first-order chi connectivity index (χ1) is 15.2. The van der Waals surface area contributed by atoms with Crippen molar-refractivity contribution >= 4 is 22.6 Å². The molecule has 4 rings (SSSR count). The average Bonchev–Trinajstić information content (AvgIpc) is 2.71. The number of carbonyl (C=O) groups excluding carboxylic acids is 1. The summed E-state index contributed by atoms with van der Waals surface area (Å²) in [7, 11) is 0. The van der Waals surface area contributed by atoms with Crippen molar-refractivity contribution in [2.24, 2.45) is 5.92 Å². The molecule has 0 aliphatic heterocycles. The van der Waals surface area contributed by atoms with Gasteiger partial charge in [0, 0.05) is 17.0 Å². The predicted molar refractivity (Wildman–Crippen MR) is 119 cm³/mol. The van der Waals surface area contributed by atoms with Crippen LogP contribution in [0.1, 0.15) is 54.4 Å². The van der Waals surface area contributed by atoms with Gasteiger partial charge in [0.25, 0.3) is 5.91 Å². The number of pyridine rings is 1. The molecule has 1 aromatic heterocycles. The van der Waals surface area contributed by atoms with Gasteiger partial charge in [-0.05, 0) is 72.5 Å². The molecule has 3 aromatic rings. The first-order valence-corrected chi connectivity index (χ1v) is 10.6. The molecule has 0 bridgehead atoms. The highest BCUT2D eigenvalue weighted by atomic mass is 19.1. The van der Waals surface area contributed by atoms with Crippen molar-refractivity contribution in [1.29, 1.82) is 0 Å². The number of carbonyl (C=O) groups is 2. The maximum absolute atomic E-state index is 13.9. The summed E-state index contributed by atoms with van der Waals surface area (Å²) in [6.07, 6.45) is 1.12. The smallest absolute Gasteiger partial charge is 0.308 e. The summed E-state index contributed by atoms with van der Waals surface area (Å²) in [5.41, 5.74) is 2.85. The normalized spacial score (nSPS) is 17.9. The number of nitrogens with zero attached hydrogens (tertiary/aromatic N) is 1. The predicted octanol–water partition coefficient (Wildman–Crippen LogP) is 4.77. The van der Waals surface area contributed by atoms with Gasteiger partial charge in [-0.3, -0.25) is 9.59 Å². The van der Waals surface area contributed by atoms with E-state index in [2.05, 4.69) is 10.3 Å². The number of fused-ring (bicyclic) bond motifs is 1. The molecule has 1 fully saturated rings. The molecule has 2 aromatic carbocycles. The van der Waals surface area contributed by atoms with Gasteiger partial charge in [-0.1, -0.05) is 19.9 Å². The number of carboxylic acids is 1. The number of phenolic OH excluding ortho intramolecular Hbond substituents is 1. The Morgan fingerprint density at radius 1 is 1.12 bits per heavy atom. The number of carboxylic acid groups (broad SMARTS) is 1. The Bertz CT molecular complexity index is 1240. The van der Waals surface area contributed by atoms with Gasteiger partial charge in [-0.15, -0.1) is 0 Å². The molecule has 7 heteroatoms. The third kappa shape index (κ3) is 3.79. The second kappa shape index (κ2) is 8.22. The fraction of sp³-hybridized carbons (Fsp3) is 0.320. The highest BCUT2D eigenvalue weighted by Crippen LogP contribution is 2.38. The van der Waals surface area contributed by atoms with Gasteiger partial charge in [0.1, 0.15) is 17.3 Å². The summed E-state index contributed by atoms with van der Waals surface area (Å²) in [6.45, 7) is 5.61. The van der Waals surface area contributed by atoms with Crippen molar-refractivity contribution in [3.05, 3.63) is 59.2 Å². The summed E-state index contributed by atoms with van der Waals surface area (Å²) >= 11 is 0. The molecule has 1 aliphatic rings. The van der Waals surface area contributed by atoms with Crippen LogP contribution in [0.2, 0.25) is 0 Å². The number of aromatic hydroxyl groups is 1. The maximum Gasteiger partial charge on any atom is 0.308 e. The second-order valence-corrected chi connectivity index (χ2v) is 8.67. The highest BCUT2D eigenvalue weighted by Gasteiger charge is 2.38. The maximum atomic E-state index is 13.9. The Labute approximate surface area is 185 Å². The standard InChI is InChI=1S/C25H25FN2O4/c1-12(2)22-21(14-4-8-19(26)13(3)10-14)16-6-5-15(29)11-18(16)23(28-22)24(30)27-20-9-7-17(20)25(31)32/h4-6,8,10-12,17,20,29H,7,9H2,1-3H3,(H,27,30)(H,31,32). The van der Waals surface area contributed by atoms with Crippen LogP contribution in [0.4, 0.5) is 4.39 Å². The minimum atomic E-state index is -0.929. The highest BCUT2D eigenvalue weighted by molar-refractivity contribution is 6.10. The van der Waals surface area contributed by atoms with E-state index in [0.29, 0.717) is 34.9 Å². The van der Waals surface area contributed by atoms with E-state index in [1.165, 1.54) is 12.1 Å². The van der Waals surface area contributed by atoms with E-state index in [1.54, 1.807) is 31.2 Å². The summed E-state index contributed by atoms with van der Waals surface area (Å²) in [4.78, 5) is 29.2. The lowest BCUT2D eigenvalue weighted by atomic mass is 9.79. The number of rotatable bonds is 5. The van der Waals surface area contributed by atoms with Crippen LogP contribution in [0.15, 0.2) is 36.4 Å². The van der Waals surface area contributed by atoms with E-state index in [1.807, 2.05) is 13.8 Å². The fourth-order valence-corrected chi connectivity index (χ4v) is 4.22. The molecule has 1 amide bonds. The Kier molecular flexibility index (Phi) is 5.59. The van der Waals surface area contributed by atoms with Gasteiger partial charge >= 0.3 is 5.97 Å². The summed E-state index contributed by atoms with van der Waals surface area (Å²) in [6, 6.07) is 9.14. The Balaban J connectivity index is 1.90. The molecule has 1 aliphatic carbocycles. The molecule has 0 radical (unpaired) electrons. The second-order valence-electron chi connectivity index (χ2n) is 8.67. The zero-order valence-electron chi connectivity index (χ0n) is 18.1. The lowest BCUT2D eigenvalue weighted by Crippen LogP contribution is -2.50. The summed E-state index contributed by atoms with van der Waals surface area (Å²) in [5.74, 6) is -2.37. The van der Waals surface area contributed by atoms with E-state index in [4.69, 9.17) is 0 Å². The molecule has 6 nitrogen and oxygen atoms in total. The molecule has 166 valence electrons. The number of halogens is 1. The fourth-order valence-electron chi connectivity index (χ4n) is 4.22. The quantitative estimate of drug-likeness (QED) is 0.535. The Hall–Kier alpha value is -3.48. The van der Waals surface area contributed by atoms with Gasteiger partial charge in [-0.25, -0.2) is 9.37 Å². The monoisotopic (exact) mass is 436 g/mol. The number of amides is 1. The van der Waals surface area contributed by atoms with Crippen molar-refractivity contribution in [1.82, 2.24) is 10.3 Å². The number of aromatic nitrogens is 1. The lowest BCUT2D eigenvalue weighted by Gasteiger charge is -2.34. The van der Waals surface area contributed by atoms with Gasteiger partial charge in [-0.2, -0.15) is 0 Å². The van der Waals surface area contributed by atoms with E-state index < -0.39 is 23.8 Å². The van der Waals surface area contributed by atoms with Crippen LogP contribution < -0.4 is 5.32 Å². The van der Waals surface area contributed by atoms with Crippen LogP contribution in [0.5, 0.6) is 5.75 Å². The van der Waals surface area contributed by atoms with E-state index in [9.17, 15) is 24.2 Å². The molecule has 0 saturated heterocycles. The minimum absolute atomic E-state index is 0.0149. The number of aryl methyl sites for hydroxylation is 1. The molecular formula is C25H25FN2O4. The van der Waals surface area contributed by atoms with Crippen molar-refractivity contribution in [3.8, 4) is 16.9 Å². The number of aliphatic carboxylic acids is 1. The Morgan fingerprint density at radius 3 is 2.47 bits per heavy atom. The van der Waals surface area contributed by atoms with Gasteiger partial charge in [0.2, 0.25) is 0 Å². The molecule has 1 heterocycles. The molecule has 3 N–H and O–H groups in total. The third-order valence-corrected chi connectivity index (χ3v) is 6.13. The Morgan fingerprint density at radius 2 is 1.88 bits per heavy atom.